The van der Waals surface area contributed by atoms with E-state index >= 15 is 0 Å². The zero-order chi connectivity index (χ0) is 14.8. The van der Waals surface area contributed by atoms with E-state index in [1.165, 1.54) is 25.7 Å². The van der Waals surface area contributed by atoms with Gasteiger partial charge in [-0.25, -0.2) is 0 Å². The van der Waals surface area contributed by atoms with Gasteiger partial charge in [-0.05, 0) is 57.0 Å². The highest BCUT2D eigenvalue weighted by Crippen LogP contribution is 2.39. The summed E-state index contributed by atoms with van der Waals surface area (Å²) in [6, 6.07) is 0.708. The Kier molecular flexibility index (Phi) is 5.11. The third kappa shape index (κ3) is 3.19. The van der Waals surface area contributed by atoms with Crippen LogP contribution in [0, 0.1) is 17.3 Å². The van der Waals surface area contributed by atoms with Gasteiger partial charge in [0, 0.05) is 6.04 Å². The highest BCUT2D eigenvalue weighted by Gasteiger charge is 2.41. The van der Waals surface area contributed by atoms with Gasteiger partial charge < -0.3 is 10.0 Å². The molecule has 1 aliphatic heterocycles. The van der Waals surface area contributed by atoms with E-state index in [0.29, 0.717) is 6.04 Å². The second kappa shape index (κ2) is 6.46. The first kappa shape index (κ1) is 15.8. The van der Waals surface area contributed by atoms with Crippen LogP contribution in [0.5, 0.6) is 0 Å². The van der Waals surface area contributed by atoms with Gasteiger partial charge in [-0.3, -0.25) is 4.79 Å². The van der Waals surface area contributed by atoms with E-state index in [9.17, 15) is 9.90 Å². The van der Waals surface area contributed by atoms with Crippen LogP contribution in [-0.4, -0.2) is 35.1 Å². The molecule has 1 N–H and O–H groups in total. The molecule has 20 heavy (non-hydrogen) atoms. The fourth-order valence-corrected chi connectivity index (χ4v) is 4.17. The second-order valence-corrected chi connectivity index (χ2v) is 7.30. The molecular formula is C17H31NO2. The Morgan fingerprint density at radius 2 is 1.95 bits per heavy atom. The molecule has 0 aromatic heterocycles. The highest BCUT2D eigenvalue weighted by atomic mass is 16.4. The van der Waals surface area contributed by atoms with Crippen molar-refractivity contribution in [1.29, 1.82) is 0 Å². The number of rotatable bonds is 4. The van der Waals surface area contributed by atoms with Crippen LogP contribution in [0.3, 0.4) is 0 Å². The van der Waals surface area contributed by atoms with Crippen LogP contribution in [0.4, 0.5) is 0 Å². The molecule has 3 nitrogen and oxygen atoms in total. The van der Waals surface area contributed by atoms with Crippen molar-refractivity contribution in [2.45, 2.75) is 71.8 Å². The number of hydrogen-bond donors (Lipinski definition) is 1. The van der Waals surface area contributed by atoms with Gasteiger partial charge >= 0.3 is 5.97 Å². The minimum absolute atomic E-state index is 0.442. The molecule has 3 heteroatoms. The molecule has 0 radical (unpaired) electrons. The van der Waals surface area contributed by atoms with Crippen LogP contribution >= 0.6 is 0 Å². The lowest BCUT2D eigenvalue weighted by atomic mass is 9.74. The minimum atomic E-state index is -0.580. The molecule has 1 saturated heterocycles. The zero-order valence-corrected chi connectivity index (χ0v) is 13.4. The molecule has 2 atom stereocenters. The number of carbonyl (C=O) groups is 1. The SMILES string of the molecule is CCC1(C(=O)O)CCN(C2CCCC(C(C)C)C2)CC1. The zero-order valence-electron chi connectivity index (χ0n) is 13.4. The summed E-state index contributed by atoms with van der Waals surface area (Å²) in [5, 5.41) is 9.48. The Labute approximate surface area is 123 Å². The average molecular weight is 281 g/mol. The minimum Gasteiger partial charge on any atom is -0.481 e. The molecule has 1 heterocycles. The van der Waals surface area contributed by atoms with Crippen molar-refractivity contribution < 1.29 is 9.90 Å². The first-order chi connectivity index (χ1) is 9.48. The monoisotopic (exact) mass is 281 g/mol. The maximum atomic E-state index is 11.5. The summed E-state index contributed by atoms with van der Waals surface area (Å²) in [4.78, 5) is 14.1. The van der Waals surface area contributed by atoms with Crippen molar-refractivity contribution >= 4 is 5.97 Å². The van der Waals surface area contributed by atoms with Crippen molar-refractivity contribution in [3.63, 3.8) is 0 Å². The van der Waals surface area contributed by atoms with Gasteiger partial charge in [0.25, 0.3) is 0 Å². The van der Waals surface area contributed by atoms with Crippen LogP contribution in [0.1, 0.15) is 65.7 Å². The van der Waals surface area contributed by atoms with Crippen LogP contribution in [0.2, 0.25) is 0 Å². The number of aliphatic carboxylic acids is 1. The topological polar surface area (TPSA) is 40.5 Å². The molecular weight excluding hydrogens is 250 g/mol. The second-order valence-electron chi connectivity index (χ2n) is 7.30. The van der Waals surface area contributed by atoms with E-state index in [0.717, 1.165) is 44.2 Å². The fraction of sp³-hybridized carbons (Fsp3) is 0.941. The summed E-state index contributed by atoms with van der Waals surface area (Å²) in [6.45, 7) is 8.68. The first-order valence-corrected chi connectivity index (χ1v) is 8.46. The molecule has 2 fully saturated rings. The maximum Gasteiger partial charge on any atom is 0.309 e. The molecule has 1 saturated carbocycles. The molecule has 0 amide bonds. The Bertz CT molecular complexity index is 332. The highest BCUT2D eigenvalue weighted by molar-refractivity contribution is 5.74. The number of carboxylic acid groups (broad SMARTS) is 1. The lowest BCUT2D eigenvalue weighted by molar-refractivity contribution is -0.153. The van der Waals surface area contributed by atoms with E-state index in [1.54, 1.807) is 0 Å². The van der Waals surface area contributed by atoms with Crippen molar-refractivity contribution in [1.82, 2.24) is 4.90 Å². The quantitative estimate of drug-likeness (QED) is 0.852. The normalized spacial score (nSPS) is 31.4. The molecule has 1 aliphatic carbocycles. The van der Waals surface area contributed by atoms with Gasteiger partial charge in [0.2, 0.25) is 0 Å². The lowest BCUT2D eigenvalue weighted by Gasteiger charge is -2.44. The third-order valence-electron chi connectivity index (χ3n) is 6.03. The van der Waals surface area contributed by atoms with Gasteiger partial charge in [0.15, 0.2) is 0 Å². The van der Waals surface area contributed by atoms with Crippen LogP contribution in [0.15, 0.2) is 0 Å². The van der Waals surface area contributed by atoms with Crippen LogP contribution in [0.25, 0.3) is 0 Å². The predicted octanol–water partition coefficient (Wildman–Crippen LogP) is 3.78. The molecule has 116 valence electrons. The molecule has 2 rings (SSSR count). The molecule has 0 spiro atoms. The Morgan fingerprint density at radius 3 is 2.45 bits per heavy atom. The average Bonchev–Trinajstić information content (AvgIpc) is 2.47. The fourth-order valence-electron chi connectivity index (χ4n) is 4.17. The van der Waals surface area contributed by atoms with E-state index in [2.05, 4.69) is 18.7 Å². The van der Waals surface area contributed by atoms with Crippen molar-refractivity contribution in [3.05, 3.63) is 0 Å². The Hall–Kier alpha value is -0.570. The maximum absolute atomic E-state index is 11.5. The predicted molar refractivity (Wildman–Crippen MR) is 81.8 cm³/mol. The Balaban J connectivity index is 1.92. The van der Waals surface area contributed by atoms with Crippen molar-refractivity contribution in [2.24, 2.45) is 17.3 Å². The number of likely N-dealkylation sites (tertiary alicyclic amines) is 1. The molecule has 2 aliphatic rings. The summed E-state index contributed by atoms with van der Waals surface area (Å²) in [5.74, 6) is 1.07. The Morgan fingerprint density at radius 1 is 1.30 bits per heavy atom. The number of carboxylic acids is 1. The van der Waals surface area contributed by atoms with Crippen molar-refractivity contribution in [2.75, 3.05) is 13.1 Å². The summed E-state index contributed by atoms with van der Waals surface area (Å²) in [7, 11) is 0. The van der Waals surface area contributed by atoms with Gasteiger partial charge in [-0.15, -0.1) is 0 Å². The van der Waals surface area contributed by atoms with Gasteiger partial charge in [-0.2, -0.15) is 0 Å². The smallest absolute Gasteiger partial charge is 0.309 e. The van der Waals surface area contributed by atoms with Gasteiger partial charge in [0.05, 0.1) is 5.41 Å². The number of hydrogen-bond acceptors (Lipinski definition) is 2. The summed E-state index contributed by atoms with van der Waals surface area (Å²) in [6.07, 6.45) is 7.82. The van der Waals surface area contributed by atoms with Crippen LogP contribution in [-0.2, 0) is 4.79 Å². The van der Waals surface area contributed by atoms with Crippen LogP contribution < -0.4 is 0 Å². The van der Waals surface area contributed by atoms with E-state index < -0.39 is 11.4 Å². The largest absolute Gasteiger partial charge is 0.481 e. The van der Waals surface area contributed by atoms with E-state index in [4.69, 9.17) is 0 Å². The summed E-state index contributed by atoms with van der Waals surface area (Å²) < 4.78 is 0. The van der Waals surface area contributed by atoms with Gasteiger partial charge in [0.1, 0.15) is 0 Å². The molecule has 0 aromatic rings. The standard InChI is InChI=1S/C17H31NO2/c1-4-17(16(19)20)8-10-18(11-9-17)15-7-5-6-14(12-15)13(2)3/h13-15H,4-12H2,1-3H3,(H,19,20). The molecule has 0 aromatic carbocycles. The lowest BCUT2D eigenvalue weighted by Crippen LogP contribution is -2.49. The third-order valence-corrected chi connectivity index (χ3v) is 6.03. The molecule has 2 unspecified atom stereocenters. The number of piperidine rings is 1. The van der Waals surface area contributed by atoms with Crippen molar-refractivity contribution in [3.8, 4) is 0 Å². The molecule has 0 bridgehead atoms. The van der Waals surface area contributed by atoms with E-state index in [1.807, 2.05) is 6.92 Å². The summed E-state index contributed by atoms with van der Waals surface area (Å²) >= 11 is 0. The number of nitrogens with zero attached hydrogens (tertiary/aromatic N) is 1. The summed E-state index contributed by atoms with van der Waals surface area (Å²) in [5.41, 5.74) is -0.442. The van der Waals surface area contributed by atoms with Gasteiger partial charge in [-0.1, -0.05) is 33.6 Å². The first-order valence-electron chi connectivity index (χ1n) is 8.46. The van der Waals surface area contributed by atoms with E-state index in [-0.39, 0.29) is 0 Å².